The van der Waals surface area contributed by atoms with E-state index in [0.717, 1.165) is 9.87 Å². The Labute approximate surface area is 164 Å². The molecule has 26 heavy (non-hydrogen) atoms. The molecule has 0 saturated carbocycles. The Kier molecular flexibility index (Phi) is 6.69. The maximum atomic E-state index is 12.9. The molecule has 2 rings (SSSR count). The van der Waals surface area contributed by atoms with Crippen molar-refractivity contribution < 1.29 is 13.2 Å². The Balaban J connectivity index is 2.22. The molecule has 1 N–H and O–H groups in total. The van der Waals surface area contributed by atoms with Gasteiger partial charge in [-0.3, -0.25) is 4.79 Å². The number of aryl methyl sites for hydroxylation is 2. The lowest BCUT2D eigenvalue weighted by Crippen LogP contribution is -2.38. The molecule has 2 aromatic carbocycles. The smallest absolute Gasteiger partial charge is 0.243 e. The summed E-state index contributed by atoms with van der Waals surface area (Å²) in [4.78, 5) is 12.5. The van der Waals surface area contributed by atoms with E-state index in [-0.39, 0.29) is 18.0 Å². The molecule has 1 amide bonds. The fourth-order valence-corrected chi connectivity index (χ4v) is 4.72. The lowest BCUT2D eigenvalue weighted by Gasteiger charge is -2.21. The van der Waals surface area contributed by atoms with Gasteiger partial charge in [-0.15, -0.1) is 0 Å². The van der Waals surface area contributed by atoms with Crippen LogP contribution in [-0.4, -0.2) is 31.7 Å². The third kappa shape index (κ3) is 4.98. The highest BCUT2D eigenvalue weighted by Crippen LogP contribution is 2.23. The third-order valence-corrected chi connectivity index (χ3v) is 6.28. The number of nitrogens with one attached hydrogen (secondary N) is 1. The topological polar surface area (TPSA) is 66.5 Å². The average Bonchev–Trinajstić information content (AvgIpc) is 2.53. The van der Waals surface area contributed by atoms with Crippen LogP contribution in [0.1, 0.15) is 18.1 Å². The molecule has 0 atom stereocenters. The number of nitrogens with zero attached hydrogens (tertiary/aromatic N) is 1. The van der Waals surface area contributed by atoms with Crippen molar-refractivity contribution in [1.82, 2.24) is 4.31 Å². The number of halogens is 2. The Morgan fingerprint density at radius 1 is 1.08 bits per heavy atom. The van der Waals surface area contributed by atoms with E-state index in [1.54, 1.807) is 44.2 Å². The quantitative estimate of drug-likeness (QED) is 0.767. The molecule has 0 saturated heterocycles. The number of likely N-dealkylation sites (N-methyl/N-ethyl adjacent to an activating group) is 1. The molecule has 0 radical (unpaired) electrons. The van der Waals surface area contributed by atoms with Gasteiger partial charge in [0.15, 0.2) is 0 Å². The van der Waals surface area contributed by atoms with Crippen LogP contribution in [0, 0.1) is 13.8 Å². The van der Waals surface area contributed by atoms with E-state index in [2.05, 4.69) is 5.32 Å². The van der Waals surface area contributed by atoms with Gasteiger partial charge in [-0.1, -0.05) is 42.3 Å². The lowest BCUT2D eigenvalue weighted by molar-refractivity contribution is -0.116. The summed E-state index contributed by atoms with van der Waals surface area (Å²) >= 11 is 11.8. The number of hydrogen-bond donors (Lipinski definition) is 1. The average molecular weight is 415 g/mol. The zero-order valence-electron chi connectivity index (χ0n) is 14.7. The summed E-state index contributed by atoms with van der Waals surface area (Å²) in [6.07, 6.45) is 0. The van der Waals surface area contributed by atoms with E-state index in [4.69, 9.17) is 23.2 Å². The van der Waals surface area contributed by atoms with Crippen molar-refractivity contribution in [2.24, 2.45) is 0 Å². The van der Waals surface area contributed by atoms with Crippen molar-refractivity contribution in [1.29, 1.82) is 0 Å². The summed E-state index contributed by atoms with van der Waals surface area (Å²) in [5, 5.41) is 3.38. The molecular weight excluding hydrogens is 395 g/mol. The van der Waals surface area contributed by atoms with E-state index in [1.165, 1.54) is 0 Å². The number of carbonyl (C=O) groups is 1. The standard InChI is InChI=1S/C18H20Cl2N2O3S/c1-4-22(26(24,25)17-7-12(2)5-6-13(17)3)11-18(23)21-16-9-14(19)8-15(20)10-16/h5-10H,4,11H2,1-3H3,(H,21,23). The highest BCUT2D eigenvalue weighted by molar-refractivity contribution is 7.89. The van der Waals surface area contributed by atoms with Gasteiger partial charge in [0.25, 0.3) is 0 Å². The summed E-state index contributed by atoms with van der Waals surface area (Å²) < 4.78 is 27.0. The highest BCUT2D eigenvalue weighted by Gasteiger charge is 2.27. The van der Waals surface area contributed by atoms with Crippen LogP contribution in [0.5, 0.6) is 0 Å². The zero-order chi connectivity index (χ0) is 19.5. The first-order valence-corrected chi connectivity index (χ1v) is 10.2. The Morgan fingerprint density at radius 3 is 2.27 bits per heavy atom. The third-order valence-electron chi connectivity index (χ3n) is 3.78. The van der Waals surface area contributed by atoms with Gasteiger partial charge in [0.05, 0.1) is 11.4 Å². The SMILES string of the molecule is CCN(CC(=O)Nc1cc(Cl)cc(Cl)c1)S(=O)(=O)c1cc(C)ccc1C. The first-order valence-electron chi connectivity index (χ1n) is 7.97. The number of benzene rings is 2. The normalized spacial score (nSPS) is 11.6. The summed E-state index contributed by atoms with van der Waals surface area (Å²) in [6, 6.07) is 9.84. The van der Waals surface area contributed by atoms with Gasteiger partial charge in [0.2, 0.25) is 15.9 Å². The minimum Gasteiger partial charge on any atom is -0.325 e. The highest BCUT2D eigenvalue weighted by atomic mass is 35.5. The largest absolute Gasteiger partial charge is 0.325 e. The molecule has 0 bridgehead atoms. The summed E-state index contributed by atoms with van der Waals surface area (Å²) in [7, 11) is -3.79. The second-order valence-electron chi connectivity index (χ2n) is 5.91. The predicted molar refractivity (Wildman–Crippen MR) is 105 cm³/mol. The van der Waals surface area contributed by atoms with Crippen LogP contribution in [0.15, 0.2) is 41.3 Å². The van der Waals surface area contributed by atoms with Crippen LogP contribution in [-0.2, 0) is 14.8 Å². The maximum absolute atomic E-state index is 12.9. The number of rotatable bonds is 6. The van der Waals surface area contributed by atoms with Crippen LogP contribution in [0.4, 0.5) is 5.69 Å². The van der Waals surface area contributed by atoms with Crippen molar-refractivity contribution >= 4 is 44.8 Å². The summed E-state index contributed by atoms with van der Waals surface area (Å²) in [5.74, 6) is -0.473. The van der Waals surface area contributed by atoms with E-state index in [0.29, 0.717) is 21.3 Å². The molecule has 2 aromatic rings. The van der Waals surface area contributed by atoms with E-state index >= 15 is 0 Å². The van der Waals surface area contributed by atoms with Crippen molar-refractivity contribution in [2.45, 2.75) is 25.7 Å². The fraction of sp³-hybridized carbons (Fsp3) is 0.278. The Morgan fingerprint density at radius 2 is 1.69 bits per heavy atom. The van der Waals surface area contributed by atoms with E-state index < -0.39 is 15.9 Å². The summed E-state index contributed by atoms with van der Waals surface area (Å²) in [6.45, 7) is 5.10. The lowest BCUT2D eigenvalue weighted by atomic mass is 10.2. The van der Waals surface area contributed by atoms with E-state index in [1.807, 2.05) is 13.0 Å². The minimum atomic E-state index is -3.79. The monoisotopic (exact) mass is 414 g/mol. The number of amides is 1. The number of hydrogen-bond acceptors (Lipinski definition) is 3. The molecule has 8 heteroatoms. The molecule has 0 aliphatic rings. The summed E-state index contributed by atoms with van der Waals surface area (Å²) in [5.41, 5.74) is 1.88. The predicted octanol–water partition coefficient (Wildman–Crippen LogP) is 4.26. The Bertz CT molecular complexity index is 910. The molecular formula is C18H20Cl2N2O3S. The van der Waals surface area contributed by atoms with Gasteiger partial charge >= 0.3 is 0 Å². The van der Waals surface area contributed by atoms with Crippen LogP contribution in [0.2, 0.25) is 10.0 Å². The first kappa shape index (κ1) is 20.7. The molecule has 140 valence electrons. The number of carbonyl (C=O) groups excluding carboxylic acids is 1. The molecule has 0 aliphatic heterocycles. The maximum Gasteiger partial charge on any atom is 0.243 e. The molecule has 0 heterocycles. The van der Waals surface area contributed by atoms with E-state index in [9.17, 15) is 13.2 Å². The zero-order valence-corrected chi connectivity index (χ0v) is 17.0. The van der Waals surface area contributed by atoms with Gasteiger partial charge in [0, 0.05) is 22.3 Å². The van der Waals surface area contributed by atoms with Crippen molar-refractivity contribution in [3.63, 3.8) is 0 Å². The number of sulfonamides is 1. The molecule has 0 aliphatic carbocycles. The molecule has 5 nitrogen and oxygen atoms in total. The Hall–Kier alpha value is -1.60. The fourth-order valence-electron chi connectivity index (χ4n) is 2.48. The van der Waals surface area contributed by atoms with Crippen molar-refractivity contribution in [3.8, 4) is 0 Å². The van der Waals surface area contributed by atoms with Gasteiger partial charge in [-0.2, -0.15) is 4.31 Å². The van der Waals surface area contributed by atoms with Crippen molar-refractivity contribution in [3.05, 3.63) is 57.6 Å². The molecule has 0 unspecified atom stereocenters. The minimum absolute atomic E-state index is 0.166. The van der Waals surface area contributed by atoms with Crippen LogP contribution >= 0.6 is 23.2 Å². The molecule has 0 aromatic heterocycles. The van der Waals surface area contributed by atoms with Gasteiger partial charge in [-0.25, -0.2) is 8.42 Å². The van der Waals surface area contributed by atoms with Gasteiger partial charge in [0.1, 0.15) is 0 Å². The van der Waals surface area contributed by atoms with Crippen LogP contribution < -0.4 is 5.32 Å². The second-order valence-corrected chi connectivity index (χ2v) is 8.69. The number of anilines is 1. The van der Waals surface area contributed by atoms with Gasteiger partial charge < -0.3 is 5.32 Å². The van der Waals surface area contributed by atoms with Gasteiger partial charge in [-0.05, 0) is 49.2 Å². The van der Waals surface area contributed by atoms with Crippen molar-refractivity contribution in [2.75, 3.05) is 18.4 Å². The molecule has 0 fully saturated rings. The second kappa shape index (κ2) is 8.39. The van der Waals surface area contributed by atoms with Crippen LogP contribution in [0.25, 0.3) is 0 Å². The molecule has 0 spiro atoms. The first-order chi connectivity index (χ1) is 12.1. The van der Waals surface area contributed by atoms with Crippen LogP contribution in [0.3, 0.4) is 0 Å².